The molecule has 1 saturated heterocycles. The van der Waals surface area contributed by atoms with Gasteiger partial charge in [0.15, 0.2) is 5.17 Å². The molecule has 3 atom stereocenters. The number of ether oxygens (including phenoxy) is 1. The SMILES string of the molecule is N#Cc1cc(C23CO[C@@H](CO)CC2CSC(NC(=O)c2ccccc2)=N3)c(F)cc1F. The Morgan fingerprint density at radius 2 is 2.10 bits per heavy atom. The number of aliphatic hydroxyl groups excluding tert-OH is 1. The molecule has 0 spiro atoms. The topological polar surface area (TPSA) is 94.7 Å². The summed E-state index contributed by atoms with van der Waals surface area (Å²) < 4.78 is 34.6. The van der Waals surface area contributed by atoms with E-state index in [1.54, 1.807) is 36.4 Å². The van der Waals surface area contributed by atoms with Crippen LogP contribution in [0.2, 0.25) is 0 Å². The van der Waals surface area contributed by atoms with Crippen LogP contribution in [0.5, 0.6) is 0 Å². The number of aliphatic imine (C=N–C) groups is 1. The van der Waals surface area contributed by atoms with E-state index in [1.165, 1.54) is 11.8 Å². The molecule has 1 amide bonds. The molecule has 0 saturated carbocycles. The van der Waals surface area contributed by atoms with E-state index in [1.807, 2.05) is 0 Å². The minimum absolute atomic E-state index is 0.0404. The number of aliphatic hydroxyl groups is 1. The molecule has 4 rings (SSSR count). The first-order chi connectivity index (χ1) is 15.0. The van der Waals surface area contributed by atoms with Crippen LogP contribution < -0.4 is 5.32 Å². The van der Waals surface area contributed by atoms with E-state index in [-0.39, 0.29) is 36.2 Å². The van der Waals surface area contributed by atoms with Gasteiger partial charge in [0.1, 0.15) is 23.2 Å². The van der Waals surface area contributed by atoms with Crippen LogP contribution in [-0.4, -0.2) is 41.3 Å². The van der Waals surface area contributed by atoms with Gasteiger partial charge in [-0.2, -0.15) is 5.26 Å². The number of rotatable bonds is 3. The Labute approximate surface area is 181 Å². The summed E-state index contributed by atoms with van der Waals surface area (Å²) >= 11 is 1.32. The third-order valence-corrected chi connectivity index (χ3v) is 6.62. The van der Waals surface area contributed by atoms with Gasteiger partial charge in [0.05, 0.1) is 24.9 Å². The lowest BCUT2D eigenvalue weighted by Gasteiger charge is -2.46. The van der Waals surface area contributed by atoms with E-state index < -0.39 is 23.3 Å². The fourth-order valence-corrected chi connectivity index (χ4v) is 5.10. The molecule has 0 bridgehead atoms. The molecule has 2 aliphatic heterocycles. The molecule has 0 radical (unpaired) electrons. The number of benzene rings is 2. The van der Waals surface area contributed by atoms with Crippen LogP contribution in [0.25, 0.3) is 0 Å². The van der Waals surface area contributed by atoms with Gasteiger partial charge in [-0.25, -0.2) is 13.8 Å². The van der Waals surface area contributed by atoms with Gasteiger partial charge in [0, 0.05) is 28.9 Å². The Bertz CT molecular complexity index is 1070. The number of hydrogen-bond donors (Lipinski definition) is 2. The van der Waals surface area contributed by atoms with Crippen molar-refractivity contribution in [2.75, 3.05) is 19.0 Å². The molecular weight excluding hydrogens is 424 g/mol. The van der Waals surface area contributed by atoms with Crippen molar-refractivity contribution in [1.82, 2.24) is 5.32 Å². The summed E-state index contributed by atoms with van der Waals surface area (Å²) in [5.74, 6) is -1.91. The standard InChI is InChI=1S/C22H19F2N3O3S/c23-18-8-19(24)17(6-14(18)9-25)22-12-30-16(10-28)7-15(22)11-31-21(27-22)26-20(29)13-4-2-1-3-5-13/h1-6,8,15-16,28H,7,10-12H2,(H,26,27,29)/t15?,16-,22?/m1/s1. The molecular formula is C22H19F2N3O3S. The van der Waals surface area contributed by atoms with Crippen molar-refractivity contribution in [2.45, 2.75) is 18.1 Å². The average Bonchev–Trinajstić information content (AvgIpc) is 2.79. The maximum absolute atomic E-state index is 14.9. The maximum atomic E-state index is 14.9. The van der Waals surface area contributed by atoms with Gasteiger partial charge in [-0.3, -0.25) is 4.79 Å². The smallest absolute Gasteiger partial charge is 0.257 e. The highest BCUT2D eigenvalue weighted by atomic mass is 32.2. The van der Waals surface area contributed by atoms with E-state index in [9.17, 15) is 23.9 Å². The van der Waals surface area contributed by atoms with Crippen molar-refractivity contribution >= 4 is 22.8 Å². The number of hydrogen-bond acceptors (Lipinski definition) is 6. The van der Waals surface area contributed by atoms with Crippen LogP contribution in [0.3, 0.4) is 0 Å². The molecule has 0 aromatic heterocycles. The molecule has 1 fully saturated rings. The van der Waals surface area contributed by atoms with Gasteiger partial charge in [-0.1, -0.05) is 30.0 Å². The number of fused-ring (bicyclic) bond motifs is 1. The zero-order valence-corrected chi connectivity index (χ0v) is 17.2. The van der Waals surface area contributed by atoms with Crippen LogP contribution in [-0.2, 0) is 10.3 Å². The number of nitriles is 1. The molecule has 6 nitrogen and oxygen atoms in total. The van der Waals surface area contributed by atoms with Crippen LogP contribution in [0, 0.1) is 28.9 Å². The second kappa shape index (κ2) is 8.75. The number of amidine groups is 1. The molecule has 2 heterocycles. The zero-order chi connectivity index (χ0) is 22.0. The van der Waals surface area contributed by atoms with Gasteiger partial charge in [0.2, 0.25) is 0 Å². The predicted molar refractivity (Wildman–Crippen MR) is 111 cm³/mol. The Morgan fingerprint density at radius 3 is 2.81 bits per heavy atom. The van der Waals surface area contributed by atoms with Crippen molar-refractivity contribution in [1.29, 1.82) is 5.26 Å². The van der Waals surface area contributed by atoms with Crippen LogP contribution >= 0.6 is 11.8 Å². The molecule has 31 heavy (non-hydrogen) atoms. The minimum Gasteiger partial charge on any atom is -0.394 e. The number of halogens is 2. The van der Waals surface area contributed by atoms with Crippen molar-refractivity contribution < 1.29 is 23.4 Å². The van der Waals surface area contributed by atoms with Crippen molar-refractivity contribution in [3.05, 3.63) is 70.8 Å². The summed E-state index contributed by atoms with van der Waals surface area (Å²) in [4.78, 5) is 17.3. The van der Waals surface area contributed by atoms with Crippen molar-refractivity contribution in [3.8, 4) is 6.07 Å². The maximum Gasteiger partial charge on any atom is 0.257 e. The highest BCUT2D eigenvalue weighted by Crippen LogP contribution is 2.47. The van der Waals surface area contributed by atoms with Gasteiger partial charge in [-0.15, -0.1) is 0 Å². The summed E-state index contributed by atoms with van der Waals surface area (Å²) in [6.07, 6.45) is -0.0145. The summed E-state index contributed by atoms with van der Waals surface area (Å²) in [6.45, 7) is -0.254. The first-order valence-corrected chi connectivity index (χ1v) is 10.7. The Kier molecular flexibility index (Phi) is 6.05. The second-order valence-electron chi connectivity index (χ2n) is 7.44. The number of nitrogens with zero attached hydrogens (tertiary/aromatic N) is 2. The van der Waals surface area contributed by atoms with Gasteiger partial charge < -0.3 is 15.2 Å². The molecule has 0 aliphatic carbocycles. The van der Waals surface area contributed by atoms with E-state index in [4.69, 9.17) is 4.74 Å². The van der Waals surface area contributed by atoms with Crippen LogP contribution in [0.15, 0.2) is 47.5 Å². The van der Waals surface area contributed by atoms with E-state index in [2.05, 4.69) is 10.3 Å². The average molecular weight is 443 g/mol. The molecule has 2 N–H and O–H groups in total. The quantitative estimate of drug-likeness (QED) is 0.761. The Hall–Kier alpha value is -2.80. The normalized spacial score (nSPS) is 25.2. The van der Waals surface area contributed by atoms with E-state index >= 15 is 0 Å². The summed E-state index contributed by atoms with van der Waals surface area (Å²) in [5.41, 5.74) is -1.06. The highest BCUT2D eigenvalue weighted by Gasteiger charge is 2.50. The summed E-state index contributed by atoms with van der Waals surface area (Å²) in [7, 11) is 0. The second-order valence-corrected chi connectivity index (χ2v) is 8.45. The fraction of sp³-hybridized carbons (Fsp3) is 0.318. The Morgan fingerprint density at radius 1 is 1.32 bits per heavy atom. The predicted octanol–water partition coefficient (Wildman–Crippen LogP) is 2.96. The van der Waals surface area contributed by atoms with Gasteiger partial charge in [0.25, 0.3) is 5.91 Å². The highest BCUT2D eigenvalue weighted by molar-refractivity contribution is 8.13. The third-order valence-electron chi connectivity index (χ3n) is 5.59. The molecule has 160 valence electrons. The number of amides is 1. The molecule has 2 aromatic carbocycles. The largest absolute Gasteiger partial charge is 0.394 e. The Balaban J connectivity index is 1.76. The van der Waals surface area contributed by atoms with Gasteiger partial charge >= 0.3 is 0 Å². The first-order valence-electron chi connectivity index (χ1n) is 9.68. The van der Waals surface area contributed by atoms with Crippen molar-refractivity contribution in [3.63, 3.8) is 0 Å². The summed E-state index contributed by atoms with van der Waals surface area (Å²) in [5, 5.41) is 21.8. The number of nitrogens with one attached hydrogen (secondary N) is 1. The molecule has 2 aliphatic rings. The van der Waals surface area contributed by atoms with Crippen LogP contribution in [0.4, 0.5) is 8.78 Å². The lowest BCUT2D eigenvalue weighted by atomic mass is 9.74. The number of thioether (sulfide) groups is 1. The molecule has 2 aromatic rings. The zero-order valence-electron chi connectivity index (χ0n) is 16.3. The monoisotopic (exact) mass is 443 g/mol. The lowest BCUT2D eigenvalue weighted by Crippen LogP contribution is -2.52. The minimum atomic E-state index is -1.25. The van der Waals surface area contributed by atoms with Crippen molar-refractivity contribution in [2.24, 2.45) is 10.9 Å². The number of carbonyl (C=O) groups excluding carboxylic acids is 1. The number of carbonyl (C=O) groups is 1. The first kappa shape index (κ1) is 21.4. The molecule has 2 unspecified atom stereocenters. The van der Waals surface area contributed by atoms with Crippen LogP contribution in [0.1, 0.15) is 27.9 Å². The fourth-order valence-electron chi connectivity index (χ4n) is 3.94. The third kappa shape index (κ3) is 4.06. The van der Waals surface area contributed by atoms with E-state index in [0.717, 1.165) is 6.07 Å². The van der Waals surface area contributed by atoms with Gasteiger partial charge in [-0.05, 0) is 24.6 Å². The molecule has 9 heteroatoms. The lowest BCUT2D eigenvalue weighted by molar-refractivity contribution is -0.0771. The summed E-state index contributed by atoms with van der Waals surface area (Å²) in [6, 6.07) is 12.2. The van der Waals surface area contributed by atoms with E-state index in [0.29, 0.717) is 29.0 Å².